The quantitative estimate of drug-likeness (QED) is 0.690. The zero-order valence-corrected chi connectivity index (χ0v) is 14.5. The fraction of sp³-hybridized carbons (Fsp3) is 0.500. The SMILES string of the molecule is OC[C@@H]1CC(c2c[nH]c3c2CCCN3)CN(Cc2ccccc2O)C1. The highest BCUT2D eigenvalue weighted by Crippen LogP contribution is 2.37. The molecule has 1 fully saturated rings. The van der Waals surface area contributed by atoms with E-state index in [4.69, 9.17) is 0 Å². The van der Waals surface area contributed by atoms with Gasteiger partial charge in [0.15, 0.2) is 0 Å². The van der Waals surface area contributed by atoms with Gasteiger partial charge in [-0.05, 0) is 48.3 Å². The number of aliphatic hydroxyl groups excluding tert-OH is 1. The van der Waals surface area contributed by atoms with Gasteiger partial charge in [-0.1, -0.05) is 18.2 Å². The van der Waals surface area contributed by atoms with Gasteiger partial charge in [-0.3, -0.25) is 4.90 Å². The Balaban J connectivity index is 1.55. The van der Waals surface area contributed by atoms with Crippen LogP contribution >= 0.6 is 0 Å². The highest BCUT2D eigenvalue weighted by Gasteiger charge is 2.31. The van der Waals surface area contributed by atoms with Crippen LogP contribution in [0.4, 0.5) is 5.82 Å². The second kappa shape index (κ2) is 7.10. The van der Waals surface area contributed by atoms with E-state index < -0.39 is 0 Å². The van der Waals surface area contributed by atoms with E-state index in [1.807, 2.05) is 18.2 Å². The van der Waals surface area contributed by atoms with Crippen LogP contribution in [-0.4, -0.2) is 46.3 Å². The number of aromatic nitrogens is 1. The number of nitrogens with zero attached hydrogens (tertiary/aromatic N) is 1. The summed E-state index contributed by atoms with van der Waals surface area (Å²) in [6.07, 6.45) is 5.49. The third-order valence-corrected chi connectivity index (χ3v) is 5.62. The largest absolute Gasteiger partial charge is 0.508 e. The first-order valence-corrected chi connectivity index (χ1v) is 9.28. The van der Waals surface area contributed by atoms with Crippen molar-refractivity contribution in [3.63, 3.8) is 0 Å². The Bertz CT molecular complexity index is 727. The number of benzene rings is 1. The molecule has 4 N–H and O–H groups in total. The van der Waals surface area contributed by atoms with Gasteiger partial charge in [0.25, 0.3) is 0 Å². The lowest BCUT2D eigenvalue weighted by atomic mass is 9.83. The molecule has 25 heavy (non-hydrogen) atoms. The van der Waals surface area contributed by atoms with Crippen molar-refractivity contribution in [1.82, 2.24) is 9.88 Å². The summed E-state index contributed by atoms with van der Waals surface area (Å²) >= 11 is 0. The molecule has 2 aromatic rings. The van der Waals surface area contributed by atoms with Crippen molar-refractivity contribution in [3.8, 4) is 5.75 Å². The molecule has 0 saturated carbocycles. The van der Waals surface area contributed by atoms with Gasteiger partial charge in [-0.25, -0.2) is 0 Å². The zero-order chi connectivity index (χ0) is 17.2. The number of likely N-dealkylation sites (tertiary alicyclic amines) is 1. The summed E-state index contributed by atoms with van der Waals surface area (Å²) in [6.45, 7) is 3.83. The Morgan fingerprint density at radius 2 is 2.08 bits per heavy atom. The number of phenolic OH excluding ortho intramolecular Hbond substituents is 1. The Morgan fingerprint density at radius 3 is 2.92 bits per heavy atom. The Hall–Kier alpha value is -1.98. The van der Waals surface area contributed by atoms with Crippen LogP contribution in [0.3, 0.4) is 0 Å². The molecule has 0 bridgehead atoms. The molecule has 1 aromatic carbocycles. The van der Waals surface area contributed by atoms with E-state index in [9.17, 15) is 10.2 Å². The first-order chi connectivity index (χ1) is 12.2. The molecule has 0 spiro atoms. The Morgan fingerprint density at radius 1 is 1.20 bits per heavy atom. The molecule has 4 rings (SSSR count). The predicted octanol–water partition coefficient (Wildman–Crippen LogP) is 2.68. The van der Waals surface area contributed by atoms with E-state index in [1.165, 1.54) is 23.4 Å². The molecule has 0 amide bonds. The monoisotopic (exact) mass is 341 g/mol. The number of aliphatic hydroxyl groups is 1. The molecule has 2 aliphatic rings. The molecule has 5 heteroatoms. The summed E-state index contributed by atoms with van der Waals surface area (Å²) in [5.74, 6) is 2.25. The first kappa shape index (κ1) is 16.5. The summed E-state index contributed by atoms with van der Waals surface area (Å²) < 4.78 is 0. The number of anilines is 1. The number of aromatic amines is 1. The van der Waals surface area contributed by atoms with E-state index in [0.717, 1.165) is 44.6 Å². The van der Waals surface area contributed by atoms with E-state index in [-0.39, 0.29) is 12.5 Å². The summed E-state index contributed by atoms with van der Waals surface area (Å²) in [7, 11) is 0. The van der Waals surface area contributed by atoms with Gasteiger partial charge in [0, 0.05) is 44.5 Å². The standard InChI is InChI=1S/C20H27N3O2/c24-13-14-8-16(18-9-22-20-17(18)5-3-7-21-20)12-23(10-14)11-15-4-1-2-6-19(15)25/h1-2,4,6,9,14,16,21-22,24-25H,3,5,7-8,10-13H2/t14-,16?/m1/s1. The molecule has 134 valence electrons. The van der Waals surface area contributed by atoms with E-state index in [2.05, 4.69) is 21.4 Å². The number of hydrogen-bond donors (Lipinski definition) is 4. The molecular weight excluding hydrogens is 314 g/mol. The first-order valence-electron chi connectivity index (χ1n) is 9.28. The van der Waals surface area contributed by atoms with Gasteiger partial charge in [0.2, 0.25) is 0 Å². The van der Waals surface area contributed by atoms with Gasteiger partial charge < -0.3 is 20.5 Å². The van der Waals surface area contributed by atoms with Crippen molar-refractivity contribution in [2.45, 2.75) is 31.7 Å². The van der Waals surface area contributed by atoms with Gasteiger partial charge in [0.1, 0.15) is 11.6 Å². The molecule has 1 saturated heterocycles. The van der Waals surface area contributed by atoms with Crippen molar-refractivity contribution in [2.75, 3.05) is 31.6 Å². The number of piperidine rings is 1. The van der Waals surface area contributed by atoms with Gasteiger partial charge in [0.05, 0.1) is 0 Å². The van der Waals surface area contributed by atoms with Crippen molar-refractivity contribution >= 4 is 5.82 Å². The zero-order valence-electron chi connectivity index (χ0n) is 14.5. The van der Waals surface area contributed by atoms with Gasteiger partial charge >= 0.3 is 0 Å². The van der Waals surface area contributed by atoms with E-state index in [1.54, 1.807) is 6.07 Å². The number of aromatic hydroxyl groups is 1. The maximum Gasteiger partial charge on any atom is 0.120 e. The number of rotatable bonds is 4. The minimum absolute atomic E-state index is 0.221. The van der Waals surface area contributed by atoms with E-state index in [0.29, 0.717) is 11.7 Å². The third-order valence-electron chi connectivity index (χ3n) is 5.62. The smallest absolute Gasteiger partial charge is 0.120 e. The second-order valence-electron chi connectivity index (χ2n) is 7.43. The maximum atomic E-state index is 10.1. The van der Waals surface area contributed by atoms with Crippen LogP contribution in [0.1, 0.15) is 35.4 Å². The van der Waals surface area contributed by atoms with Crippen LogP contribution in [-0.2, 0) is 13.0 Å². The minimum atomic E-state index is 0.221. The number of para-hydroxylation sites is 1. The van der Waals surface area contributed by atoms with Crippen molar-refractivity contribution in [3.05, 3.63) is 47.2 Å². The summed E-state index contributed by atoms with van der Waals surface area (Å²) in [6, 6.07) is 7.55. The number of H-pyrrole nitrogens is 1. The van der Waals surface area contributed by atoms with Crippen LogP contribution in [0.15, 0.2) is 30.5 Å². The third kappa shape index (κ3) is 3.39. The summed E-state index contributed by atoms with van der Waals surface area (Å²) in [5, 5.41) is 23.3. The molecule has 3 heterocycles. The second-order valence-corrected chi connectivity index (χ2v) is 7.43. The minimum Gasteiger partial charge on any atom is -0.508 e. The van der Waals surface area contributed by atoms with Crippen LogP contribution < -0.4 is 5.32 Å². The maximum absolute atomic E-state index is 10.1. The van der Waals surface area contributed by atoms with Crippen molar-refractivity contribution in [2.24, 2.45) is 5.92 Å². The lowest BCUT2D eigenvalue weighted by Gasteiger charge is -2.37. The fourth-order valence-electron chi connectivity index (χ4n) is 4.41. The average molecular weight is 341 g/mol. The normalized spacial score (nSPS) is 23.9. The average Bonchev–Trinajstić information content (AvgIpc) is 3.07. The number of hydrogen-bond acceptors (Lipinski definition) is 4. The molecule has 5 nitrogen and oxygen atoms in total. The Kier molecular flexibility index (Phi) is 4.68. The van der Waals surface area contributed by atoms with Crippen LogP contribution in [0, 0.1) is 5.92 Å². The van der Waals surface area contributed by atoms with Crippen molar-refractivity contribution in [1.29, 1.82) is 0 Å². The fourth-order valence-corrected chi connectivity index (χ4v) is 4.41. The number of fused-ring (bicyclic) bond motifs is 1. The summed E-state index contributed by atoms with van der Waals surface area (Å²) in [4.78, 5) is 5.77. The lowest BCUT2D eigenvalue weighted by Crippen LogP contribution is -2.40. The Labute approximate surface area is 148 Å². The molecule has 0 radical (unpaired) electrons. The summed E-state index contributed by atoms with van der Waals surface area (Å²) in [5.41, 5.74) is 3.79. The van der Waals surface area contributed by atoms with E-state index >= 15 is 0 Å². The van der Waals surface area contributed by atoms with Gasteiger partial charge in [-0.2, -0.15) is 0 Å². The molecule has 1 unspecified atom stereocenters. The molecule has 2 aliphatic heterocycles. The topological polar surface area (TPSA) is 71.5 Å². The lowest BCUT2D eigenvalue weighted by molar-refractivity contribution is 0.101. The highest BCUT2D eigenvalue weighted by molar-refractivity contribution is 5.53. The highest BCUT2D eigenvalue weighted by atomic mass is 16.3. The van der Waals surface area contributed by atoms with Crippen molar-refractivity contribution < 1.29 is 10.2 Å². The predicted molar refractivity (Wildman–Crippen MR) is 98.9 cm³/mol. The van der Waals surface area contributed by atoms with Crippen LogP contribution in [0.25, 0.3) is 0 Å². The molecular formula is C20H27N3O2. The number of phenols is 1. The number of nitrogens with one attached hydrogen (secondary N) is 2. The molecule has 1 aromatic heterocycles. The van der Waals surface area contributed by atoms with Crippen LogP contribution in [0.2, 0.25) is 0 Å². The molecule has 0 aliphatic carbocycles. The van der Waals surface area contributed by atoms with Crippen LogP contribution in [0.5, 0.6) is 5.75 Å². The molecule has 2 atom stereocenters. The van der Waals surface area contributed by atoms with Gasteiger partial charge in [-0.15, -0.1) is 0 Å².